The number of hydrogen-bond acceptors (Lipinski definition) is 4. The molecule has 1 aromatic heterocycles. The molecule has 4 rings (SSSR count). The molecule has 2 aromatic rings. The van der Waals surface area contributed by atoms with E-state index in [0.717, 1.165) is 5.82 Å². The number of quaternary nitrogens is 1. The van der Waals surface area contributed by atoms with Crippen molar-refractivity contribution in [3.05, 3.63) is 41.2 Å². The van der Waals surface area contributed by atoms with Gasteiger partial charge < -0.3 is 9.64 Å². The van der Waals surface area contributed by atoms with Gasteiger partial charge in [-0.05, 0) is 43.0 Å². The summed E-state index contributed by atoms with van der Waals surface area (Å²) in [6.07, 6.45) is 9.69. The lowest BCUT2D eigenvalue weighted by Gasteiger charge is -2.45. The highest BCUT2D eigenvalue weighted by molar-refractivity contribution is 5.26. The van der Waals surface area contributed by atoms with Crippen LogP contribution < -0.4 is 4.90 Å². The summed E-state index contributed by atoms with van der Waals surface area (Å²) < 4.78 is 7.23. The minimum Gasteiger partial charge on any atom is -0.383 e. The lowest BCUT2D eigenvalue weighted by molar-refractivity contribution is -0.938. The summed E-state index contributed by atoms with van der Waals surface area (Å²) in [5, 5.41) is 12.8. The Labute approximate surface area is 168 Å². The van der Waals surface area contributed by atoms with Crippen LogP contribution in [-0.4, -0.2) is 47.0 Å². The summed E-state index contributed by atoms with van der Waals surface area (Å²) in [5.41, 5.74) is 3.14. The summed E-state index contributed by atoms with van der Waals surface area (Å²) in [4.78, 5) is 1.63. The van der Waals surface area contributed by atoms with Crippen molar-refractivity contribution in [3.8, 4) is 0 Å². The van der Waals surface area contributed by atoms with Gasteiger partial charge in [-0.1, -0.05) is 49.1 Å². The van der Waals surface area contributed by atoms with Gasteiger partial charge >= 0.3 is 0 Å². The number of methoxy groups -OCH3 is 1. The van der Waals surface area contributed by atoms with E-state index in [0.29, 0.717) is 18.6 Å². The first kappa shape index (κ1) is 19.5. The van der Waals surface area contributed by atoms with Crippen LogP contribution in [0.25, 0.3) is 0 Å². The molecule has 1 aliphatic heterocycles. The molecule has 28 heavy (non-hydrogen) atoms. The SMILES string of the molecule is COCCn1nnnc1[C@@H](c1ccc(C)cc1)[NH+]1CCCC2(CCCCC2)C1. The molecule has 2 atom stereocenters. The maximum Gasteiger partial charge on any atom is 0.214 e. The van der Waals surface area contributed by atoms with Crippen molar-refractivity contribution in [2.45, 2.75) is 64.5 Å². The molecule has 6 nitrogen and oxygen atoms in total. The lowest BCUT2D eigenvalue weighted by Crippen LogP contribution is -3.15. The maximum absolute atomic E-state index is 5.28. The smallest absolute Gasteiger partial charge is 0.214 e. The number of aryl methyl sites for hydroxylation is 1. The van der Waals surface area contributed by atoms with Crippen molar-refractivity contribution in [2.75, 3.05) is 26.8 Å². The Morgan fingerprint density at radius 2 is 1.86 bits per heavy atom. The van der Waals surface area contributed by atoms with Crippen LogP contribution in [0.4, 0.5) is 0 Å². The van der Waals surface area contributed by atoms with E-state index in [4.69, 9.17) is 4.74 Å². The molecular weight excluding hydrogens is 350 g/mol. The first-order valence-corrected chi connectivity index (χ1v) is 10.9. The van der Waals surface area contributed by atoms with Crippen LogP contribution in [0, 0.1) is 12.3 Å². The summed E-state index contributed by atoms with van der Waals surface area (Å²) in [6, 6.07) is 9.15. The Kier molecular flexibility index (Phi) is 6.07. The second-order valence-corrected chi connectivity index (χ2v) is 8.85. The molecule has 152 valence electrons. The molecule has 2 heterocycles. The Hall–Kier alpha value is -1.79. The van der Waals surface area contributed by atoms with Crippen LogP contribution in [0.1, 0.15) is 67.9 Å². The average molecular weight is 385 g/mol. The Morgan fingerprint density at radius 3 is 2.61 bits per heavy atom. The van der Waals surface area contributed by atoms with E-state index in [-0.39, 0.29) is 6.04 Å². The topological polar surface area (TPSA) is 57.3 Å². The highest BCUT2D eigenvalue weighted by Gasteiger charge is 2.43. The third-order valence-electron chi connectivity index (χ3n) is 6.87. The highest BCUT2D eigenvalue weighted by Crippen LogP contribution is 2.40. The number of benzene rings is 1. The van der Waals surface area contributed by atoms with Crippen LogP contribution >= 0.6 is 0 Å². The molecule has 0 radical (unpaired) electrons. The van der Waals surface area contributed by atoms with Crippen molar-refractivity contribution in [1.29, 1.82) is 0 Å². The first-order chi connectivity index (χ1) is 13.7. The molecule has 1 saturated heterocycles. The molecule has 1 N–H and O–H groups in total. The molecule has 1 spiro atoms. The minimum atomic E-state index is 0.187. The van der Waals surface area contributed by atoms with Crippen molar-refractivity contribution in [1.82, 2.24) is 20.2 Å². The number of tetrazole rings is 1. The quantitative estimate of drug-likeness (QED) is 0.831. The summed E-state index contributed by atoms with van der Waals surface area (Å²) in [5.74, 6) is 0.976. The second kappa shape index (κ2) is 8.70. The number of piperidine rings is 1. The molecule has 0 amide bonds. The standard InChI is InChI=1S/C22H33N5O/c1-18-7-9-19(10-8-18)20(21-23-24-25-27(21)15-16-28-2)26-14-6-13-22(17-26)11-4-3-5-12-22/h7-10,20H,3-6,11-17H2,1-2H3/p+1/t20-/m1/s1. The van der Waals surface area contributed by atoms with Gasteiger partial charge in [0, 0.05) is 18.1 Å². The van der Waals surface area contributed by atoms with Crippen LogP contribution in [0.3, 0.4) is 0 Å². The molecule has 1 unspecified atom stereocenters. The number of hydrogen-bond donors (Lipinski definition) is 1. The van der Waals surface area contributed by atoms with Gasteiger partial charge in [-0.3, -0.25) is 0 Å². The zero-order chi connectivity index (χ0) is 19.4. The fourth-order valence-corrected chi connectivity index (χ4v) is 5.41. The van der Waals surface area contributed by atoms with Crippen molar-refractivity contribution < 1.29 is 9.64 Å². The normalized spacial score (nSPS) is 23.0. The third kappa shape index (κ3) is 4.13. The number of ether oxygens (including phenoxy) is 1. The summed E-state index contributed by atoms with van der Waals surface area (Å²) in [6.45, 7) is 5.89. The van der Waals surface area contributed by atoms with E-state index < -0.39 is 0 Å². The molecular formula is C22H34N5O+. The number of likely N-dealkylation sites (tertiary alicyclic amines) is 1. The van der Waals surface area contributed by atoms with Crippen LogP contribution in [0.5, 0.6) is 0 Å². The first-order valence-electron chi connectivity index (χ1n) is 10.9. The number of nitrogens with one attached hydrogen (secondary N) is 1. The van der Waals surface area contributed by atoms with Gasteiger partial charge in [-0.25, -0.2) is 4.68 Å². The fraction of sp³-hybridized carbons (Fsp3) is 0.682. The molecule has 1 aromatic carbocycles. The Balaban J connectivity index is 1.67. The van der Waals surface area contributed by atoms with Gasteiger partial charge in [-0.2, -0.15) is 0 Å². The highest BCUT2D eigenvalue weighted by atomic mass is 16.5. The molecule has 0 bridgehead atoms. The molecule has 2 fully saturated rings. The van der Waals surface area contributed by atoms with Crippen LogP contribution in [-0.2, 0) is 11.3 Å². The second-order valence-electron chi connectivity index (χ2n) is 8.85. The Bertz CT molecular complexity index is 745. The fourth-order valence-electron chi connectivity index (χ4n) is 5.41. The minimum absolute atomic E-state index is 0.187. The van der Waals surface area contributed by atoms with Gasteiger partial charge in [-0.15, -0.1) is 5.10 Å². The van der Waals surface area contributed by atoms with Crippen molar-refractivity contribution >= 4 is 0 Å². The largest absolute Gasteiger partial charge is 0.383 e. The maximum atomic E-state index is 5.28. The third-order valence-corrected chi connectivity index (χ3v) is 6.87. The number of aromatic nitrogens is 4. The van der Waals surface area contributed by atoms with Gasteiger partial charge in [0.05, 0.1) is 26.2 Å². The number of nitrogens with zero attached hydrogens (tertiary/aromatic N) is 4. The zero-order valence-electron chi connectivity index (χ0n) is 17.4. The van der Waals surface area contributed by atoms with E-state index >= 15 is 0 Å². The molecule has 1 aliphatic carbocycles. The van der Waals surface area contributed by atoms with Crippen LogP contribution in [0.2, 0.25) is 0 Å². The van der Waals surface area contributed by atoms with Gasteiger partial charge in [0.1, 0.15) is 0 Å². The van der Waals surface area contributed by atoms with Crippen molar-refractivity contribution in [2.24, 2.45) is 5.41 Å². The predicted octanol–water partition coefficient (Wildman–Crippen LogP) is 2.35. The van der Waals surface area contributed by atoms with E-state index in [2.05, 4.69) is 46.7 Å². The van der Waals surface area contributed by atoms with Crippen molar-refractivity contribution in [3.63, 3.8) is 0 Å². The van der Waals surface area contributed by atoms with E-state index in [1.807, 2.05) is 4.68 Å². The predicted molar refractivity (Wildman–Crippen MR) is 108 cm³/mol. The van der Waals surface area contributed by atoms with E-state index in [1.165, 1.54) is 69.2 Å². The average Bonchev–Trinajstić information content (AvgIpc) is 3.17. The van der Waals surface area contributed by atoms with Gasteiger partial charge in [0.15, 0.2) is 6.04 Å². The number of rotatable bonds is 6. The van der Waals surface area contributed by atoms with Crippen LogP contribution in [0.15, 0.2) is 24.3 Å². The van der Waals surface area contributed by atoms with Gasteiger partial charge in [0.2, 0.25) is 5.82 Å². The Morgan fingerprint density at radius 1 is 1.11 bits per heavy atom. The van der Waals surface area contributed by atoms with E-state index in [9.17, 15) is 0 Å². The monoisotopic (exact) mass is 384 g/mol. The molecule has 1 saturated carbocycles. The molecule has 6 heteroatoms. The van der Waals surface area contributed by atoms with Gasteiger partial charge in [0.25, 0.3) is 0 Å². The summed E-state index contributed by atoms with van der Waals surface area (Å²) in [7, 11) is 1.73. The summed E-state index contributed by atoms with van der Waals surface area (Å²) >= 11 is 0. The zero-order valence-corrected chi connectivity index (χ0v) is 17.4. The lowest BCUT2D eigenvalue weighted by atomic mass is 9.69. The van der Waals surface area contributed by atoms with E-state index in [1.54, 1.807) is 12.0 Å². The molecule has 2 aliphatic rings.